The fourth-order valence-electron chi connectivity index (χ4n) is 2.02. The minimum Gasteiger partial charge on any atom is -0.355 e. The monoisotopic (exact) mass is 356 g/mol. The molecule has 1 aromatic carbocycles. The highest BCUT2D eigenvalue weighted by molar-refractivity contribution is 7.94. The molecule has 0 fully saturated rings. The van der Waals surface area contributed by atoms with Crippen molar-refractivity contribution in [2.75, 3.05) is 11.8 Å². The van der Waals surface area contributed by atoms with Crippen molar-refractivity contribution in [3.63, 3.8) is 0 Å². The Hall–Kier alpha value is -1.93. The Kier molecular flexibility index (Phi) is 5.06. The van der Waals surface area contributed by atoms with Gasteiger partial charge < -0.3 is 5.32 Å². The molecule has 0 bridgehead atoms. The molecule has 0 unspecified atom stereocenters. The summed E-state index contributed by atoms with van der Waals surface area (Å²) < 4.78 is 41.1. The van der Waals surface area contributed by atoms with Crippen molar-refractivity contribution in [2.45, 2.75) is 24.5 Å². The molecular weight excluding hydrogens is 339 g/mol. The third-order valence-corrected chi connectivity index (χ3v) is 6.37. The number of amides is 1. The second-order valence-corrected chi connectivity index (χ2v) is 7.98. The van der Waals surface area contributed by atoms with Gasteiger partial charge in [-0.15, -0.1) is 11.3 Å². The maximum Gasteiger partial charge on any atom is 0.271 e. The van der Waals surface area contributed by atoms with Gasteiger partial charge in [0.05, 0.1) is 5.69 Å². The van der Waals surface area contributed by atoms with Gasteiger partial charge in [0.2, 0.25) is 0 Å². The Bertz CT molecular complexity index is 844. The Balaban J connectivity index is 2.40. The highest BCUT2D eigenvalue weighted by atomic mass is 32.2. The van der Waals surface area contributed by atoms with E-state index in [4.69, 9.17) is 0 Å². The summed E-state index contributed by atoms with van der Waals surface area (Å²) in [4.78, 5) is 12.7. The first-order chi connectivity index (χ1) is 10.8. The van der Waals surface area contributed by atoms with Crippen molar-refractivity contribution in [3.8, 4) is 0 Å². The molecule has 0 spiro atoms. The molecule has 0 aliphatic carbocycles. The van der Waals surface area contributed by atoms with E-state index in [1.807, 2.05) is 6.92 Å². The number of nitrogens with one attached hydrogen (secondary N) is 2. The SMILES string of the molecule is CCc1ccc(S(=O)(=O)Nc2cc(C(=O)NC)c(C)cc2F)s1. The van der Waals surface area contributed by atoms with Crippen molar-refractivity contribution in [1.82, 2.24) is 5.32 Å². The zero-order valence-electron chi connectivity index (χ0n) is 12.9. The third-order valence-electron chi connectivity index (χ3n) is 3.28. The fourth-order valence-corrected chi connectivity index (χ4v) is 4.37. The van der Waals surface area contributed by atoms with Gasteiger partial charge in [-0.1, -0.05) is 6.92 Å². The molecule has 0 atom stereocenters. The van der Waals surface area contributed by atoms with Crippen LogP contribution in [-0.2, 0) is 16.4 Å². The molecule has 8 heteroatoms. The predicted molar refractivity (Wildman–Crippen MR) is 89.0 cm³/mol. The Morgan fingerprint density at radius 2 is 2.00 bits per heavy atom. The number of rotatable bonds is 5. The number of anilines is 1. The number of thiophene rings is 1. The van der Waals surface area contributed by atoms with E-state index in [0.717, 1.165) is 28.7 Å². The zero-order valence-corrected chi connectivity index (χ0v) is 14.6. The van der Waals surface area contributed by atoms with Gasteiger partial charge in [-0.05, 0) is 43.2 Å². The second kappa shape index (κ2) is 6.67. The van der Waals surface area contributed by atoms with Gasteiger partial charge in [0, 0.05) is 17.5 Å². The predicted octanol–water partition coefficient (Wildman–Crippen LogP) is 2.92. The number of aryl methyl sites for hydroxylation is 2. The molecule has 124 valence electrons. The van der Waals surface area contributed by atoms with Gasteiger partial charge in [0.25, 0.3) is 15.9 Å². The molecule has 2 aromatic rings. The summed E-state index contributed by atoms with van der Waals surface area (Å²) in [6.45, 7) is 3.50. The summed E-state index contributed by atoms with van der Waals surface area (Å²) in [6, 6.07) is 5.54. The minimum atomic E-state index is -3.89. The largest absolute Gasteiger partial charge is 0.355 e. The maximum absolute atomic E-state index is 14.1. The van der Waals surface area contributed by atoms with Crippen LogP contribution in [0.1, 0.15) is 27.7 Å². The molecule has 1 heterocycles. The van der Waals surface area contributed by atoms with Crippen molar-refractivity contribution in [2.24, 2.45) is 0 Å². The summed E-state index contributed by atoms with van der Waals surface area (Å²) >= 11 is 1.13. The van der Waals surface area contributed by atoms with Crippen molar-refractivity contribution < 1.29 is 17.6 Å². The van der Waals surface area contributed by atoms with Gasteiger partial charge >= 0.3 is 0 Å². The summed E-state index contributed by atoms with van der Waals surface area (Å²) in [5.41, 5.74) is 0.391. The van der Waals surface area contributed by atoms with Crippen LogP contribution in [0.4, 0.5) is 10.1 Å². The molecule has 0 saturated carbocycles. The van der Waals surface area contributed by atoms with E-state index in [1.54, 1.807) is 13.0 Å². The van der Waals surface area contributed by atoms with E-state index in [9.17, 15) is 17.6 Å². The molecule has 2 rings (SSSR count). The van der Waals surface area contributed by atoms with E-state index in [-0.39, 0.29) is 15.5 Å². The Morgan fingerprint density at radius 3 is 2.57 bits per heavy atom. The van der Waals surface area contributed by atoms with Crippen molar-refractivity contribution in [1.29, 1.82) is 0 Å². The summed E-state index contributed by atoms with van der Waals surface area (Å²) in [7, 11) is -2.44. The molecule has 0 radical (unpaired) electrons. The summed E-state index contributed by atoms with van der Waals surface area (Å²) in [5.74, 6) is -1.14. The highest BCUT2D eigenvalue weighted by Crippen LogP contribution is 2.27. The fraction of sp³-hybridized carbons (Fsp3) is 0.267. The highest BCUT2D eigenvalue weighted by Gasteiger charge is 2.20. The number of sulfonamides is 1. The van der Waals surface area contributed by atoms with Gasteiger partial charge in [-0.25, -0.2) is 12.8 Å². The van der Waals surface area contributed by atoms with Gasteiger partial charge in [-0.3, -0.25) is 9.52 Å². The van der Waals surface area contributed by atoms with E-state index < -0.39 is 21.7 Å². The van der Waals surface area contributed by atoms with Crippen LogP contribution in [0.2, 0.25) is 0 Å². The Labute approximate surface area is 138 Å². The average molecular weight is 356 g/mol. The summed E-state index contributed by atoms with van der Waals surface area (Å²) in [5, 5.41) is 2.44. The number of hydrogen-bond acceptors (Lipinski definition) is 4. The first-order valence-electron chi connectivity index (χ1n) is 6.92. The average Bonchev–Trinajstić information content (AvgIpc) is 2.99. The third kappa shape index (κ3) is 3.70. The first-order valence-corrected chi connectivity index (χ1v) is 9.22. The van der Waals surface area contributed by atoms with Crippen LogP contribution < -0.4 is 10.0 Å². The molecular formula is C15H17FN2O3S2. The molecule has 1 aromatic heterocycles. The topological polar surface area (TPSA) is 75.3 Å². The number of carbonyl (C=O) groups is 1. The molecule has 5 nitrogen and oxygen atoms in total. The van der Waals surface area contributed by atoms with Crippen LogP contribution in [0.3, 0.4) is 0 Å². The summed E-state index contributed by atoms with van der Waals surface area (Å²) in [6.07, 6.45) is 0.722. The quantitative estimate of drug-likeness (QED) is 0.865. The van der Waals surface area contributed by atoms with Crippen molar-refractivity contribution >= 4 is 33.0 Å². The molecule has 2 N–H and O–H groups in total. The van der Waals surface area contributed by atoms with Crippen LogP contribution in [0, 0.1) is 12.7 Å². The van der Waals surface area contributed by atoms with Crippen LogP contribution >= 0.6 is 11.3 Å². The lowest BCUT2D eigenvalue weighted by molar-refractivity contribution is 0.0962. The van der Waals surface area contributed by atoms with E-state index in [1.165, 1.54) is 19.2 Å². The van der Waals surface area contributed by atoms with Gasteiger partial charge in [0.15, 0.2) is 0 Å². The van der Waals surface area contributed by atoms with Crippen molar-refractivity contribution in [3.05, 3.63) is 46.1 Å². The normalized spacial score (nSPS) is 11.3. The van der Waals surface area contributed by atoms with Crippen LogP contribution in [-0.4, -0.2) is 21.4 Å². The van der Waals surface area contributed by atoms with E-state index in [0.29, 0.717) is 5.56 Å². The number of hydrogen-bond donors (Lipinski definition) is 2. The van der Waals surface area contributed by atoms with E-state index in [2.05, 4.69) is 10.0 Å². The molecule has 0 aliphatic heterocycles. The zero-order chi connectivity index (χ0) is 17.2. The van der Waals surface area contributed by atoms with E-state index >= 15 is 0 Å². The minimum absolute atomic E-state index is 0.107. The van der Waals surface area contributed by atoms with Crippen LogP contribution in [0.5, 0.6) is 0 Å². The van der Waals surface area contributed by atoms with Crippen LogP contribution in [0.25, 0.3) is 0 Å². The van der Waals surface area contributed by atoms with Gasteiger partial charge in [0.1, 0.15) is 10.0 Å². The molecule has 23 heavy (non-hydrogen) atoms. The smallest absolute Gasteiger partial charge is 0.271 e. The lowest BCUT2D eigenvalue weighted by Gasteiger charge is -2.11. The lowest BCUT2D eigenvalue weighted by Crippen LogP contribution is -2.20. The van der Waals surface area contributed by atoms with Crippen LogP contribution in [0.15, 0.2) is 28.5 Å². The second-order valence-electron chi connectivity index (χ2n) is 4.91. The lowest BCUT2D eigenvalue weighted by atomic mass is 10.1. The Morgan fingerprint density at radius 1 is 1.30 bits per heavy atom. The number of halogens is 1. The maximum atomic E-state index is 14.1. The molecule has 0 aliphatic rings. The molecule has 0 saturated heterocycles. The number of benzene rings is 1. The number of carbonyl (C=O) groups excluding carboxylic acids is 1. The van der Waals surface area contributed by atoms with Gasteiger partial charge in [-0.2, -0.15) is 0 Å². The standard InChI is InChI=1S/C15H17FN2O3S2/c1-4-10-5-6-14(22-10)23(20,21)18-13-8-11(15(19)17-3)9(2)7-12(13)16/h5-8,18H,4H2,1-3H3,(H,17,19). The first kappa shape index (κ1) is 17.4. The molecule has 1 amide bonds.